The van der Waals surface area contributed by atoms with Gasteiger partial charge in [0.2, 0.25) is 0 Å². The molecule has 5 rings (SSSR count). The molecule has 31 heavy (non-hydrogen) atoms. The number of nitrogens with zero attached hydrogens (tertiary/aromatic N) is 1. The zero-order chi connectivity index (χ0) is 21.4. The van der Waals surface area contributed by atoms with Crippen molar-refractivity contribution in [3.05, 3.63) is 100 Å². The fourth-order valence-electron chi connectivity index (χ4n) is 4.29. The van der Waals surface area contributed by atoms with Crippen LogP contribution in [0.15, 0.2) is 88.7 Å². The predicted octanol–water partition coefficient (Wildman–Crippen LogP) is 4.41. The van der Waals surface area contributed by atoms with E-state index in [9.17, 15) is 9.59 Å². The number of aromatic nitrogens is 1. The van der Waals surface area contributed by atoms with Crippen LogP contribution in [0.2, 0.25) is 0 Å². The maximum Gasteiger partial charge on any atom is 0.267 e. The minimum atomic E-state index is -0.730. The van der Waals surface area contributed by atoms with Crippen LogP contribution in [-0.4, -0.2) is 21.4 Å². The average Bonchev–Trinajstić information content (AvgIpc) is 3.25. The number of rotatable bonds is 4. The Morgan fingerprint density at radius 2 is 1.74 bits per heavy atom. The molecular weight excluding hydrogens is 408 g/mol. The average molecular weight is 429 g/mol. The lowest BCUT2D eigenvalue weighted by atomic mass is 9.93. The summed E-state index contributed by atoms with van der Waals surface area (Å²) in [5.41, 5.74) is 5.50. The van der Waals surface area contributed by atoms with E-state index in [0.29, 0.717) is 12.2 Å². The van der Waals surface area contributed by atoms with Crippen LogP contribution in [0.3, 0.4) is 0 Å². The van der Waals surface area contributed by atoms with E-state index in [1.807, 2.05) is 48.5 Å². The molecule has 154 valence electrons. The van der Waals surface area contributed by atoms with E-state index in [2.05, 4.69) is 24.3 Å². The summed E-state index contributed by atoms with van der Waals surface area (Å²) in [7, 11) is 0. The van der Waals surface area contributed by atoms with Gasteiger partial charge in [-0.2, -0.15) is 0 Å². The molecule has 0 bridgehead atoms. The van der Waals surface area contributed by atoms with Crippen molar-refractivity contribution in [2.24, 2.45) is 0 Å². The molecule has 0 saturated carbocycles. The van der Waals surface area contributed by atoms with E-state index in [1.165, 1.54) is 16.3 Å². The lowest BCUT2D eigenvalue weighted by Crippen LogP contribution is -2.35. The van der Waals surface area contributed by atoms with Gasteiger partial charge in [0.25, 0.3) is 11.5 Å². The SMILES string of the molecule is O=C(NO)[C@@H]1CSc2c(-c3ccccc3)c(Cc3cccc4ccccc34)cc(=O)n21. The Labute approximate surface area is 183 Å². The van der Waals surface area contributed by atoms with Crippen LogP contribution in [0.5, 0.6) is 0 Å². The fraction of sp³-hybridized carbons (Fsp3) is 0.120. The van der Waals surface area contributed by atoms with Gasteiger partial charge in [-0.3, -0.25) is 19.4 Å². The highest BCUT2D eigenvalue weighted by atomic mass is 32.2. The number of nitrogens with one attached hydrogen (secondary N) is 1. The highest BCUT2D eigenvalue weighted by molar-refractivity contribution is 7.99. The molecule has 3 aromatic carbocycles. The molecule has 1 amide bonds. The van der Waals surface area contributed by atoms with Crippen molar-refractivity contribution in [3.63, 3.8) is 0 Å². The second-order valence-electron chi connectivity index (χ2n) is 7.54. The molecule has 0 unspecified atom stereocenters. The monoisotopic (exact) mass is 428 g/mol. The number of thioether (sulfide) groups is 1. The number of carbonyl (C=O) groups excluding carboxylic acids is 1. The van der Waals surface area contributed by atoms with Crippen LogP contribution >= 0.6 is 11.8 Å². The van der Waals surface area contributed by atoms with Gasteiger partial charge >= 0.3 is 0 Å². The van der Waals surface area contributed by atoms with Crippen LogP contribution < -0.4 is 11.0 Å². The number of benzene rings is 3. The quantitative estimate of drug-likeness (QED) is 0.373. The van der Waals surface area contributed by atoms with E-state index in [-0.39, 0.29) is 5.56 Å². The van der Waals surface area contributed by atoms with Gasteiger partial charge < -0.3 is 0 Å². The molecule has 0 fully saturated rings. The molecule has 0 spiro atoms. The van der Waals surface area contributed by atoms with Gasteiger partial charge in [-0.1, -0.05) is 72.8 Å². The molecule has 1 atom stereocenters. The standard InChI is InChI=1S/C25H20N2O3S/c28-22-14-19(13-18-11-6-10-16-7-4-5-12-20(16)18)23(17-8-2-1-3-9-17)25-27(22)21(15-31-25)24(29)26-30/h1-12,14,21,30H,13,15H2,(H,26,29)/t21-/m0/s1. The van der Waals surface area contributed by atoms with Gasteiger partial charge in [0, 0.05) is 17.4 Å². The summed E-state index contributed by atoms with van der Waals surface area (Å²) in [5, 5.41) is 12.2. The molecule has 1 aliphatic rings. The largest absolute Gasteiger partial charge is 0.289 e. The summed E-state index contributed by atoms with van der Waals surface area (Å²) in [4.78, 5) is 25.3. The highest BCUT2D eigenvalue weighted by Gasteiger charge is 2.33. The summed E-state index contributed by atoms with van der Waals surface area (Å²) < 4.78 is 1.51. The van der Waals surface area contributed by atoms with Gasteiger partial charge in [0.1, 0.15) is 6.04 Å². The van der Waals surface area contributed by atoms with Gasteiger partial charge in [-0.15, -0.1) is 11.8 Å². The minimum Gasteiger partial charge on any atom is -0.289 e. The van der Waals surface area contributed by atoms with Crippen molar-refractivity contribution in [1.29, 1.82) is 0 Å². The number of hydroxylamine groups is 1. The number of hydrogen-bond acceptors (Lipinski definition) is 4. The van der Waals surface area contributed by atoms with E-state index >= 15 is 0 Å². The first-order chi connectivity index (χ1) is 15.2. The van der Waals surface area contributed by atoms with Crippen LogP contribution in [-0.2, 0) is 11.2 Å². The Kier molecular flexibility index (Phi) is 5.10. The zero-order valence-electron chi connectivity index (χ0n) is 16.6. The molecule has 5 nitrogen and oxygen atoms in total. The normalized spacial score (nSPS) is 15.1. The van der Waals surface area contributed by atoms with Crippen LogP contribution in [0.25, 0.3) is 21.9 Å². The Morgan fingerprint density at radius 3 is 2.55 bits per heavy atom. The molecular formula is C25H20N2O3S. The molecule has 0 aliphatic carbocycles. The van der Waals surface area contributed by atoms with Gasteiger partial charge in [-0.25, -0.2) is 5.48 Å². The summed E-state index contributed by atoms with van der Waals surface area (Å²) in [6, 6.07) is 25.3. The number of pyridine rings is 1. The first-order valence-corrected chi connectivity index (χ1v) is 11.0. The second kappa shape index (κ2) is 8.06. The first kappa shape index (κ1) is 19.6. The van der Waals surface area contributed by atoms with Crippen LogP contribution in [0, 0.1) is 0 Å². The second-order valence-corrected chi connectivity index (χ2v) is 8.55. The Hall–Kier alpha value is -3.35. The molecule has 2 heterocycles. The smallest absolute Gasteiger partial charge is 0.267 e. The third-order valence-corrected chi connectivity index (χ3v) is 6.87. The zero-order valence-corrected chi connectivity index (χ0v) is 17.4. The van der Waals surface area contributed by atoms with Crippen molar-refractivity contribution in [3.8, 4) is 11.1 Å². The number of amides is 1. The molecule has 4 aromatic rings. The summed E-state index contributed by atoms with van der Waals surface area (Å²) in [5.74, 6) is -0.173. The molecule has 2 N–H and O–H groups in total. The van der Waals surface area contributed by atoms with Crippen molar-refractivity contribution >= 4 is 28.4 Å². The van der Waals surface area contributed by atoms with E-state index < -0.39 is 11.9 Å². The summed E-state index contributed by atoms with van der Waals surface area (Å²) >= 11 is 1.47. The number of fused-ring (bicyclic) bond motifs is 2. The first-order valence-electron chi connectivity index (χ1n) is 10.0. The fourth-order valence-corrected chi connectivity index (χ4v) is 5.66. The molecule has 0 radical (unpaired) electrons. The van der Waals surface area contributed by atoms with Crippen molar-refractivity contribution in [1.82, 2.24) is 10.0 Å². The Bertz CT molecular complexity index is 1340. The topological polar surface area (TPSA) is 71.3 Å². The predicted molar refractivity (Wildman–Crippen MR) is 123 cm³/mol. The Balaban J connectivity index is 1.72. The number of carbonyl (C=O) groups is 1. The maximum atomic E-state index is 13.1. The molecule has 1 aromatic heterocycles. The van der Waals surface area contributed by atoms with Crippen molar-refractivity contribution in [2.45, 2.75) is 17.5 Å². The Morgan fingerprint density at radius 1 is 1.00 bits per heavy atom. The summed E-state index contributed by atoms with van der Waals surface area (Å²) in [6.45, 7) is 0. The highest BCUT2D eigenvalue weighted by Crippen LogP contribution is 2.41. The van der Waals surface area contributed by atoms with Crippen molar-refractivity contribution < 1.29 is 10.0 Å². The van der Waals surface area contributed by atoms with Gasteiger partial charge in [-0.05, 0) is 33.9 Å². The van der Waals surface area contributed by atoms with Crippen LogP contribution in [0.4, 0.5) is 0 Å². The molecule has 6 heteroatoms. The summed E-state index contributed by atoms with van der Waals surface area (Å²) in [6.07, 6.45) is 0.603. The van der Waals surface area contributed by atoms with Gasteiger partial charge in [0.15, 0.2) is 0 Å². The molecule has 0 saturated heterocycles. The third kappa shape index (κ3) is 3.44. The lowest BCUT2D eigenvalue weighted by molar-refractivity contribution is -0.132. The maximum absolute atomic E-state index is 13.1. The molecule has 1 aliphatic heterocycles. The lowest BCUT2D eigenvalue weighted by Gasteiger charge is -2.18. The van der Waals surface area contributed by atoms with E-state index in [0.717, 1.165) is 38.1 Å². The minimum absolute atomic E-state index is 0.233. The number of hydrogen-bond donors (Lipinski definition) is 2. The van der Waals surface area contributed by atoms with E-state index in [4.69, 9.17) is 5.21 Å². The van der Waals surface area contributed by atoms with E-state index in [1.54, 1.807) is 11.5 Å². The van der Waals surface area contributed by atoms with Crippen LogP contribution in [0.1, 0.15) is 17.2 Å². The van der Waals surface area contributed by atoms with Crippen molar-refractivity contribution in [2.75, 3.05) is 5.75 Å². The van der Waals surface area contributed by atoms with Gasteiger partial charge in [0.05, 0.1) is 5.03 Å². The third-order valence-electron chi connectivity index (χ3n) is 5.71.